The van der Waals surface area contributed by atoms with Crippen molar-refractivity contribution in [1.82, 2.24) is 9.97 Å². The number of nitrogens with one attached hydrogen (secondary N) is 2. The monoisotopic (exact) mass is 284 g/mol. The number of anilines is 3. The van der Waals surface area contributed by atoms with Crippen molar-refractivity contribution in [2.24, 2.45) is 0 Å². The van der Waals surface area contributed by atoms with Crippen molar-refractivity contribution in [2.45, 2.75) is 40.5 Å². The molecular formula is C17H24N4. The highest BCUT2D eigenvalue weighted by atomic mass is 15.1. The summed E-state index contributed by atoms with van der Waals surface area (Å²) in [6, 6.07) is 6.39. The van der Waals surface area contributed by atoms with Crippen molar-refractivity contribution >= 4 is 17.3 Å². The van der Waals surface area contributed by atoms with E-state index in [0.29, 0.717) is 5.92 Å². The lowest BCUT2D eigenvalue weighted by Gasteiger charge is -2.18. The highest BCUT2D eigenvalue weighted by molar-refractivity contribution is 5.68. The van der Waals surface area contributed by atoms with Crippen LogP contribution in [0.2, 0.25) is 0 Å². The first kappa shape index (κ1) is 15.3. The zero-order valence-electron chi connectivity index (χ0n) is 13.5. The van der Waals surface area contributed by atoms with E-state index in [0.717, 1.165) is 29.4 Å². The first-order valence-electron chi connectivity index (χ1n) is 7.46. The van der Waals surface area contributed by atoms with Gasteiger partial charge in [-0.25, -0.2) is 9.97 Å². The van der Waals surface area contributed by atoms with E-state index >= 15 is 0 Å². The van der Waals surface area contributed by atoms with Crippen molar-refractivity contribution in [3.8, 4) is 0 Å². The molecule has 0 spiro atoms. The highest BCUT2D eigenvalue weighted by Crippen LogP contribution is 2.31. The summed E-state index contributed by atoms with van der Waals surface area (Å²) in [5.41, 5.74) is 4.66. The van der Waals surface area contributed by atoms with Crippen LogP contribution in [-0.4, -0.2) is 16.5 Å². The minimum atomic E-state index is 0.341. The normalized spacial score (nSPS) is 10.8. The van der Waals surface area contributed by atoms with Gasteiger partial charge in [0.25, 0.3) is 0 Å². The molecule has 112 valence electrons. The van der Waals surface area contributed by atoms with Crippen LogP contribution < -0.4 is 10.6 Å². The Balaban J connectivity index is 2.43. The van der Waals surface area contributed by atoms with Crippen molar-refractivity contribution in [1.29, 1.82) is 0 Å². The van der Waals surface area contributed by atoms with Crippen LogP contribution in [0.3, 0.4) is 0 Å². The third-order valence-electron chi connectivity index (χ3n) is 3.45. The van der Waals surface area contributed by atoms with Gasteiger partial charge >= 0.3 is 0 Å². The van der Waals surface area contributed by atoms with Gasteiger partial charge in [0.15, 0.2) is 0 Å². The molecule has 2 N–H and O–H groups in total. The summed E-state index contributed by atoms with van der Waals surface area (Å²) in [7, 11) is 0. The molecule has 0 radical (unpaired) electrons. The molecule has 4 nitrogen and oxygen atoms in total. The Hall–Kier alpha value is -2.10. The van der Waals surface area contributed by atoms with Gasteiger partial charge in [-0.1, -0.05) is 26.0 Å². The largest absolute Gasteiger partial charge is 0.370 e. The summed E-state index contributed by atoms with van der Waals surface area (Å²) in [5, 5.41) is 6.79. The van der Waals surface area contributed by atoms with Gasteiger partial charge in [0.2, 0.25) is 0 Å². The van der Waals surface area contributed by atoms with Crippen LogP contribution in [0.15, 0.2) is 24.5 Å². The molecule has 0 fully saturated rings. The maximum Gasteiger partial charge on any atom is 0.139 e. The molecule has 2 aromatic rings. The predicted octanol–water partition coefficient (Wildman–Crippen LogP) is 4.39. The first-order chi connectivity index (χ1) is 10.0. The lowest BCUT2D eigenvalue weighted by molar-refractivity contribution is 0.849. The van der Waals surface area contributed by atoms with Crippen LogP contribution in [0.5, 0.6) is 0 Å². The second-order valence-electron chi connectivity index (χ2n) is 5.61. The van der Waals surface area contributed by atoms with Gasteiger partial charge in [-0.15, -0.1) is 0 Å². The van der Waals surface area contributed by atoms with Crippen LogP contribution in [0.1, 0.15) is 43.4 Å². The molecule has 1 aromatic heterocycles. The van der Waals surface area contributed by atoms with Crippen molar-refractivity contribution in [3.63, 3.8) is 0 Å². The number of aromatic nitrogens is 2. The molecule has 0 aliphatic heterocycles. The maximum absolute atomic E-state index is 4.45. The van der Waals surface area contributed by atoms with Gasteiger partial charge in [-0.3, -0.25) is 0 Å². The Morgan fingerprint density at radius 1 is 1.10 bits per heavy atom. The zero-order valence-corrected chi connectivity index (χ0v) is 13.5. The van der Waals surface area contributed by atoms with Crippen molar-refractivity contribution < 1.29 is 0 Å². The predicted molar refractivity (Wildman–Crippen MR) is 89.5 cm³/mol. The number of rotatable bonds is 5. The number of hydrogen-bond donors (Lipinski definition) is 2. The number of nitrogens with zero attached hydrogens (tertiary/aromatic N) is 2. The number of hydrogen-bond acceptors (Lipinski definition) is 4. The molecule has 0 aliphatic rings. The molecule has 0 saturated carbocycles. The summed E-state index contributed by atoms with van der Waals surface area (Å²) in [6.45, 7) is 11.4. The standard InChI is InChI=1S/C17H24N4/c1-6-18-16-15(11(2)3)17(20-10-19-16)21-14-9-12(4)7-8-13(14)5/h7-11H,6H2,1-5H3,(H2,18,19,20,21). The van der Waals surface area contributed by atoms with Crippen molar-refractivity contribution in [2.75, 3.05) is 17.2 Å². The van der Waals surface area contributed by atoms with Crippen LogP contribution in [0, 0.1) is 13.8 Å². The summed E-state index contributed by atoms with van der Waals surface area (Å²) in [6.07, 6.45) is 1.61. The Kier molecular flexibility index (Phi) is 4.78. The fourth-order valence-corrected chi connectivity index (χ4v) is 2.35. The summed E-state index contributed by atoms with van der Waals surface area (Å²) in [4.78, 5) is 8.82. The quantitative estimate of drug-likeness (QED) is 0.854. The van der Waals surface area contributed by atoms with E-state index in [1.165, 1.54) is 11.1 Å². The summed E-state index contributed by atoms with van der Waals surface area (Å²) in [5.74, 6) is 2.13. The molecule has 1 heterocycles. The molecule has 0 amide bonds. The fourth-order valence-electron chi connectivity index (χ4n) is 2.35. The van der Waals surface area contributed by atoms with Crippen LogP contribution in [-0.2, 0) is 0 Å². The average molecular weight is 284 g/mol. The third kappa shape index (κ3) is 3.51. The lowest BCUT2D eigenvalue weighted by atomic mass is 10.0. The number of aryl methyl sites for hydroxylation is 2. The molecule has 1 aromatic carbocycles. The second kappa shape index (κ2) is 6.57. The van der Waals surface area contributed by atoms with E-state index < -0.39 is 0 Å². The highest BCUT2D eigenvalue weighted by Gasteiger charge is 2.15. The van der Waals surface area contributed by atoms with E-state index in [-0.39, 0.29) is 0 Å². The third-order valence-corrected chi connectivity index (χ3v) is 3.45. The van der Waals surface area contributed by atoms with Gasteiger partial charge in [0.1, 0.15) is 18.0 Å². The Labute approximate surface area is 127 Å². The molecule has 0 bridgehead atoms. The molecular weight excluding hydrogens is 260 g/mol. The number of benzene rings is 1. The molecule has 0 saturated heterocycles. The van der Waals surface area contributed by atoms with E-state index in [9.17, 15) is 0 Å². The summed E-state index contributed by atoms with van der Waals surface area (Å²) < 4.78 is 0. The van der Waals surface area contributed by atoms with Crippen molar-refractivity contribution in [3.05, 3.63) is 41.2 Å². The average Bonchev–Trinajstić information content (AvgIpc) is 2.43. The van der Waals surface area contributed by atoms with Gasteiger partial charge in [0.05, 0.1) is 0 Å². The molecule has 0 unspecified atom stereocenters. The van der Waals surface area contributed by atoms with Gasteiger partial charge in [0, 0.05) is 17.8 Å². The van der Waals surface area contributed by atoms with E-state index in [1.807, 2.05) is 0 Å². The summed E-state index contributed by atoms with van der Waals surface area (Å²) >= 11 is 0. The Morgan fingerprint density at radius 3 is 2.48 bits per heavy atom. The lowest BCUT2D eigenvalue weighted by Crippen LogP contribution is -2.09. The first-order valence-corrected chi connectivity index (χ1v) is 7.46. The Morgan fingerprint density at radius 2 is 1.81 bits per heavy atom. The van der Waals surface area contributed by atoms with Gasteiger partial charge in [-0.2, -0.15) is 0 Å². The van der Waals surface area contributed by atoms with Crippen LogP contribution in [0.4, 0.5) is 17.3 Å². The van der Waals surface area contributed by atoms with Gasteiger partial charge in [-0.05, 0) is 43.9 Å². The van der Waals surface area contributed by atoms with E-state index in [4.69, 9.17) is 0 Å². The minimum absolute atomic E-state index is 0.341. The topological polar surface area (TPSA) is 49.8 Å². The maximum atomic E-state index is 4.45. The van der Waals surface area contributed by atoms with E-state index in [2.05, 4.69) is 73.4 Å². The van der Waals surface area contributed by atoms with Crippen LogP contribution in [0.25, 0.3) is 0 Å². The fraction of sp³-hybridized carbons (Fsp3) is 0.412. The SMILES string of the molecule is CCNc1ncnc(Nc2cc(C)ccc2C)c1C(C)C. The van der Waals surface area contributed by atoms with Gasteiger partial charge < -0.3 is 10.6 Å². The molecule has 2 rings (SSSR count). The molecule has 0 atom stereocenters. The zero-order chi connectivity index (χ0) is 15.4. The van der Waals surface area contributed by atoms with Crippen LogP contribution >= 0.6 is 0 Å². The molecule has 4 heteroatoms. The molecule has 21 heavy (non-hydrogen) atoms. The Bertz CT molecular complexity index is 620. The smallest absolute Gasteiger partial charge is 0.139 e. The minimum Gasteiger partial charge on any atom is -0.370 e. The second-order valence-corrected chi connectivity index (χ2v) is 5.61. The van der Waals surface area contributed by atoms with E-state index in [1.54, 1.807) is 6.33 Å². The molecule has 0 aliphatic carbocycles.